The molecule has 7 N–H and O–H groups in total. The number of amidine groups is 1. The first-order valence-electron chi connectivity index (χ1n) is 11.4. The fraction of sp³-hybridized carbons (Fsp3) is 0.192. The highest BCUT2D eigenvalue weighted by atomic mass is 32.2. The zero-order chi connectivity index (χ0) is 26.8. The molecule has 0 saturated heterocycles. The van der Waals surface area contributed by atoms with Crippen LogP contribution in [0.2, 0.25) is 0 Å². The topological polar surface area (TPSA) is 181 Å². The SMILES string of the molecule is Cc1c(NC(=O)C2(CCO)CC(c3cccc(C(=N)N)c3)=NO2)ccc(-c2ccccc2)c1S(N)(=O)=O. The maximum atomic E-state index is 13.5. The molecule has 192 valence electrons. The van der Waals surface area contributed by atoms with E-state index in [0.717, 1.165) is 0 Å². The standard InChI is InChI=1S/C26H27N5O5S/c1-16-21(11-10-20(23(16)37(29,34)35)17-6-3-2-4-7-17)30-25(33)26(12-13-32)15-22(31-36-26)18-8-5-9-19(14-18)24(27)28/h2-11,14,32H,12-13,15H2,1H3,(H3,27,28)(H,30,33)(H2,29,34,35). The van der Waals surface area contributed by atoms with Crippen molar-refractivity contribution in [3.8, 4) is 11.1 Å². The number of nitrogen functional groups attached to an aromatic ring is 1. The van der Waals surface area contributed by atoms with Gasteiger partial charge in [0.25, 0.3) is 5.91 Å². The predicted molar refractivity (Wildman–Crippen MR) is 141 cm³/mol. The number of carbonyl (C=O) groups excluding carboxylic acids is 1. The lowest BCUT2D eigenvalue weighted by Crippen LogP contribution is -2.44. The van der Waals surface area contributed by atoms with E-state index in [1.54, 1.807) is 67.6 Å². The van der Waals surface area contributed by atoms with Gasteiger partial charge < -0.3 is 21.0 Å². The van der Waals surface area contributed by atoms with E-state index in [-0.39, 0.29) is 41.4 Å². The van der Waals surface area contributed by atoms with Crippen molar-refractivity contribution in [2.45, 2.75) is 30.3 Å². The first-order valence-corrected chi connectivity index (χ1v) is 12.9. The van der Waals surface area contributed by atoms with Crippen LogP contribution < -0.4 is 16.2 Å². The molecule has 3 aromatic carbocycles. The Kier molecular flexibility index (Phi) is 7.12. The molecular weight excluding hydrogens is 494 g/mol. The average molecular weight is 522 g/mol. The Balaban J connectivity index is 1.66. The second-order valence-corrected chi connectivity index (χ2v) is 10.2. The van der Waals surface area contributed by atoms with E-state index in [1.165, 1.54) is 0 Å². The summed E-state index contributed by atoms with van der Waals surface area (Å²) in [6.45, 7) is 1.21. The quantitative estimate of drug-likeness (QED) is 0.224. The van der Waals surface area contributed by atoms with Gasteiger partial charge in [0.2, 0.25) is 15.6 Å². The smallest absolute Gasteiger partial charge is 0.271 e. The predicted octanol–water partition coefficient (Wildman–Crippen LogP) is 2.48. The molecule has 0 aliphatic carbocycles. The minimum absolute atomic E-state index is 0.0456. The second-order valence-electron chi connectivity index (χ2n) is 8.75. The summed E-state index contributed by atoms with van der Waals surface area (Å²) in [5.41, 5.74) is 7.21. The fourth-order valence-electron chi connectivity index (χ4n) is 4.32. The highest BCUT2D eigenvalue weighted by molar-refractivity contribution is 7.89. The van der Waals surface area contributed by atoms with Gasteiger partial charge in [0.05, 0.1) is 10.6 Å². The molecule has 10 nitrogen and oxygen atoms in total. The van der Waals surface area contributed by atoms with Crippen LogP contribution >= 0.6 is 0 Å². The molecule has 11 heteroatoms. The van der Waals surface area contributed by atoms with Gasteiger partial charge in [-0.1, -0.05) is 59.8 Å². The van der Waals surface area contributed by atoms with Gasteiger partial charge in [0, 0.05) is 41.8 Å². The Bertz CT molecular complexity index is 1500. The molecule has 0 bridgehead atoms. The van der Waals surface area contributed by atoms with Crippen molar-refractivity contribution in [3.05, 3.63) is 83.4 Å². The lowest BCUT2D eigenvalue weighted by atomic mass is 9.89. The summed E-state index contributed by atoms with van der Waals surface area (Å²) in [7, 11) is -4.14. The monoisotopic (exact) mass is 521 g/mol. The third kappa shape index (κ3) is 5.24. The number of primary sulfonamides is 1. The summed E-state index contributed by atoms with van der Waals surface area (Å²) in [5.74, 6) is -0.709. The molecule has 1 amide bonds. The Hall–Kier alpha value is -4.06. The van der Waals surface area contributed by atoms with E-state index in [1.807, 2.05) is 6.07 Å². The van der Waals surface area contributed by atoms with Crippen molar-refractivity contribution in [2.75, 3.05) is 11.9 Å². The number of carbonyl (C=O) groups is 1. The van der Waals surface area contributed by atoms with Crippen LogP contribution in [0.3, 0.4) is 0 Å². The van der Waals surface area contributed by atoms with E-state index in [2.05, 4.69) is 10.5 Å². The van der Waals surface area contributed by atoms with E-state index in [4.69, 9.17) is 21.1 Å². The van der Waals surface area contributed by atoms with E-state index in [0.29, 0.717) is 28.0 Å². The minimum Gasteiger partial charge on any atom is -0.396 e. The molecular formula is C26H27N5O5S. The van der Waals surface area contributed by atoms with Crippen molar-refractivity contribution >= 4 is 33.2 Å². The molecule has 3 aromatic rings. The third-order valence-electron chi connectivity index (χ3n) is 6.24. The molecule has 0 saturated carbocycles. The number of rotatable bonds is 8. The third-order valence-corrected chi connectivity index (χ3v) is 7.34. The maximum Gasteiger partial charge on any atom is 0.271 e. The Morgan fingerprint density at radius 1 is 1.14 bits per heavy atom. The number of hydrogen-bond acceptors (Lipinski definition) is 7. The van der Waals surface area contributed by atoms with Gasteiger partial charge in [-0.2, -0.15) is 0 Å². The number of anilines is 1. The highest BCUT2D eigenvalue weighted by Crippen LogP contribution is 2.36. The number of hydrogen-bond donors (Lipinski definition) is 5. The van der Waals surface area contributed by atoms with Crippen LogP contribution in [-0.4, -0.2) is 43.2 Å². The largest absolute Gasteiger partial charge is 0.396 e. The lowest BCUT2D eigenvalue weighted by Gasteiger charge is -2.25. The number of sulfonamides is 1. The number of benzene rings is 3. The Morgan fingerprint density at radius 3 is 2.49 bits per heavy atom. The summed E-state index contributed by atoms with van der Waals surface area (Å²) in [6, 6.07) is 18.9. The number of oxime groups is 1. The molecule has 1 aliphatic rings. The molecule has 0 aromatic heterocycles. The van der Waals surface area contributed by atoms with Crippen molar-refractivity contribution in [3.63, 3.8) is 0 Å². The van der Waals surface area contributed by atoms with Gasteiger partial charge in [0.1, 0.15) is 5.84 Å². The van der Waals surface area contributed by atoms with Gasteiger partial charge in [-0.15, -0.1) is 0 Å². The molecule has 1 heterocycles. The number of aliphatic hydroxyl groups excluding tert-OH is 1. The second kappa shape index (κ2) is 10.1. The molecule has 1 aliphatic heterocycles. The van der Waals surface area contributed by atoms with Gasteiger partial charge >= 0.3 is 0 Å². The molecule has 1 unspecified atom stereocenters. The van der Waals surface area contributed by atoms with Crippen LogP contribution in [0.1, 0.15) is 29.5 Å². The molecule has 4 rings (SSSR count). The fourth-order valence-corrected chi connectivity index (χ4v) is 5.35. The molecule has 0 radical (unpaired) electrons. The summed E-state index contributed by atoms with van der Waals surface area (Å²) >= 11 is 0. The van der Waals surface area contributed by atoms with E-state index in [9.17, 15) is 18.3 Å². The van der Waals surface area contributed by atoms with Crippen LogP contribution in [0, 0.1) is 12.3 Å². The van der Waals surface area contributed by atoms with Gasteiger partial charge in [-0.05, 0) is 30.2 Å². The minimum atomic E-state index is -4.14. The number of amides is 1. The Morgan fingerprint density at radius 2 is 1.84 bits per heavy atom. The summed E-state index contributed by atoms with van der Waals surface area (Å²) in [5, 5.41) is 29.8. The number of nitrogens with two attached hydrogens (primary N) is 2. The van der Waals surface area contributed by atoms with Crippen LogP contribution in [-0.2, 0) is 19.7 Å². The van der Waals surface area contributed by atoms with Crippen molar-refractivity contribution in [2.24, 2.45) is 16.0 Å². The van der Waals surface area contributed by atoms with Crippen molar-refractivity contribution in [1.29, 1.82) is 5.41 Å². The lowest BCUT2D eigenvalue weighted by molar-refractivity contribution is -0.140. The molecule has 37 heavy (non-hydrogen) atoms. The average Bonchev–Trinajstić information content (AvgIpc) is 3.30. The Labute approximate surface area is 214 Å². The molecule has 0 fully saturated rings. The first kappa shape index (κ1) is 26.0. The highest BCUT2D eigenvalue weighted by Gasteiger charge is 2.46. The van der Waals surface area contributed by atoms with Crippen LogP contribution in [0.25, 0.3) is 11.1 Å². The van der Waals surface area contributed by atoms with Crippen LogP contribution in [0.15, 0.2) is 76.8 Å². The zero-order valence-electron chi connectivity index (χ0n) is 20.1. The summed E-state index contributed by atoms with van der Waals surface area (Å²) < 4.78 is 25.1. The number of aliphatic hydroxyl groups is 1. The summed E-state index contributed by atoms with van der Waals surface area (Å²) in [4.78, 5) is 19.0. The summed E-state index contributed by atoms with van der Waals surface area (Å²) in [6.07, 6.45) is -0.00857. The molecule has 0 spiro atoms. The maximum absolute atomic E-state index is 13.5. The van der Waals surface area contributed by atoms with Crippen molar-refractivity contribution < 1.29 is 23.2 Å². The number of nitrogens with one attached hydrogen (secondary N) is 2. The normalized spacial score (nSPS) is 17.1. The van der Waals surface area contributed by atoms with Gasteiger partial charge in [-0.25, -0.2) is 13.6 Å². The van der Waals surface area contributed by atoms with Crippen LogP contribution in [0.4, 0.5) is 5.69 Å². The van der Waals surface area contributed by atoms with E-state index < -0.39 is 21.5 Å². The van der Waals surface area contributed by atoms with Gasteiger partial charge in [0.15, 0.2) is 0 Å². The van der Waals surface area contributed by atoms with Crippen molar-refractivity contribution in [1.82, 2.24) is 0 Å². The zero-order valence-corrected chi connectivity index (χ0v) is 20.9. The van der Waals surface area contributed by atoms with Gasteiger partial charge in [-0.3, -0.25) is 10.2 Å². The van der Waals surface area contributed by atoms with E-state index >= 15 is 0 Å². The first-order chi connectivity index (χ1) is 17.6. The molecule has 1 atom stereocenters. The number of nitrogens with zero attached hydrogens (tertiary/aromatic N) is 1. The van der Waals surface area contributed by atoms with Crippen LogP contribution in [0.5, 0.6) is 0 Å².